The normalized spacial score (nSPS) is 16.4. The molecular weight excluding hydrogens is 396 g/mol. The number of aryl methyl sites for hydroxylation is 1. The Hall–Kier alpha value is -3.73. The maximum atomic E-state index is 13.0. The minimum absolute atomic E-state index is 0.0860. The number of hydrogen-bond acceptors (Lipinski definition) is 4. The summed E-state index contributed by atoms with van der Waals surface area (Å²) in [6.07, 6.45) is 3.63. The van der Waals surface area contributed by atoms with Gasteiger partial charge in [0.15, 0.2) is 0 Å². The number of rotatable bonds is 3. The Labute approximate surface area is 188 Å². The molecule has 0 spiro atoms. The van der Waals surface area contributed by atoms with Crippen molar-refractivity contribution in [2.75, 3.05) is 24.5 Å². The van der Waals surface area contributed by atoms with Crippen molar-refractivity contribution in [3.05, 3.63) is 90.3 Å². The van der Waals surface area contributed by atoms with Gasteiger partial charge in [-0.25, -0.2) is 4.98 Å². The van der Waals surface area contributed by atoms with Gasteiger partial charge in [0.05, 0.1) is 18.1 Å². The van der Waals surface area contributed by atoms with E-state index in [1.54, 1.807) is 0 Å². The molecule has 0 aliphatic carbocycles. The Kier molecular flexibility index (Phi) is 5.31. The molecule has 1 aromatic heterocycles. The summed E-state index contributed by atoms with van der Waals surface area (Å²) in [7, 11) is 0. The fourth-order valence-corrected chi connectivity index (χ4v) is 4.41. The molecule has 1 amide bonds. The van der Waals surface area contributed by atoms with E-state index in [-0.39, 0.29) is 11.9 Å². The van der Waals surface area contributed by atoms with Gasteiger partial charge in [0.2, 0.25) is 0 Å². The minimum Gasteiger partial charge on any atom is -0.351 e. The van der Waals surface area contributed by atoms with Crippen molar-refractivity contribution in [2.24, 2.45) is 0 Å². The fraction of sp³-hybridized carbons (Fsp3) is 0.222. The van der Waals surface area contributed by atoms with Crippen molar-refractivity contribution >= 4 is 22.5 Å². The minimum atomic E-state index is 0.0860. The fourth-order valence-electron chi connectivity index (χ4n) is 4.41. The van der Waals surface area contributed by atoms with E-state index in [0.29, 0.717) is 6.54 Å². The summed E-state index contributed by atoms with van der Waals surface area (Å²) in [5.41, 5.74) is 3.77. The highest BCUT2D eigenvalue weighted by Gasteiger charge is 2.29. The van der Waals surface area contributed by atoms with Gasteiger partial charge in [0.1, 0.15) is 5.82 Å². The van der Waals surface area contributed by atoms with Gasteiger partial charge in [-0.15, -0.1) is 0 Å². The van der Waals surface area contributed by atoms with Crippen molar-refractivity contribution in [1.82, 2.24) is 14.9 Å². The van der Waals surface area contributed by atoms with Crippen LogP contribution < -0.4 is 4.90 Å². The highest BCUT2D eigenvalue weighted by molar-refractivity contribution is 5.94. The summed E-state index contributed by atoms with van der Waals surface area (Å²) >= 11 is 0. The topological polar surface area (TPSA) is 49.3 Å². The molecule has 1 atom stereocenters. The first-order chi connectivity index (χ1) is 15.6. The molecule has 0 radical (unpaired) electrons. The average molecular weight is 423 g/mol. The van der Waals surface area contributed by atoms with Crippen LogP contribution in [0.3, 0.4) is 0 Å². The molecule has 160 valence electrons. The van der Waals surface area contributed by atoms with Crippen molar-refractivity contribution in [3.8, 4) is 11.3 Å². The van der Waals surface area contributed by atoms with E-state index in [0.717, 1.165) is 41.3 Å². The van der Waals surface area contributed by atoms with Crippen LogP contribution in [0.5, 0.6) is 0 Å². The molecule has 5 nitrogen and oxygen atoms in total. The number of benzene rings is 3. The van der Waals surface area contributed by atoms with Crippen molar-refractivity contribution in [1.29, 1.82) is 0 Å². The highest BCUT2D eigenvalue weighted by Crippen LogP contribution is 2.25. The predicted octanol–water partition coefficient (Wildman–Crippen LogP) is 4.96. The molecule has 0 bridgehead atoms. The number of anilines is 1. The van der Waals surface area contributed by atoms with Crippen molar-refractivity contribution < 1.29 is 4.79 Å². The van der Waals surface area contributed by atoms with Gasteiger partial charge in [-0.2, -0.15) is 0 Å². The lowest BCUT2D eigenvalue weighted by Gasteiger charge is -2.40. The molecule has 5 heteroatoms. The van der Waals surface area contributed by atoms with E-state index in [2.05, 4.69) is 47.1 Å². The van der Waals surface area contributed by atoms with Crippen LogP contribution in [0.2, 0.25) is 0 Å². The van der Waals surface area contributed by atoms with Crippen molar-refractivity contribution in [3.63, 3.8) is 0 Å². The third-order valence-corrected chi connectivity index (χ3v) is 6.14. The zero-order valence-electron chi connectivity index (χ0n) is 18.4. The second-order valence-electron chi connectivity index (χ2n) is 8.49. The second-order valence-corrected chi connectivity index (χ2v) is 8.49. The van der Waals surface area contributed by atoms with E-state index in [1.165, 1.54) is 10.8 Å². The average Bonchev–Trinajstić information content (AvgIpc) is 2.83. The third-order valence-electron chi connectivity index (χ3n) is 6.14. The van der Waals surface area contributed by atoms with Crippen LogP contribution in [0.25, 0.3) is 22.0 Å². The highest BCUT2D eigenvalue weighted by atomic mass is 16.2. The second kappa shape index (κ2) is 8.42. The van der Waals surface area contributed by atoms with E-state index < -0.39 is 0 Å². The van der Waals surface area contributed by atoms with Crippen LogP contribution in [0, 0.1) is 6.92 Å². The van der Waals surface area contributed by atoms with Gasteiger partial charge in [0, 0.05) is 36.8 Å². The van der Waals surface area contributed by atoms with E-state index in [4.69, 9.17) is 4.98 Å². The number of piperazine rings is 1. The number of carbonyl (C=O) groups is 1. The molecule has 0 N–H and O–H groups in total. The number of fused-ring (bicyclic) bond motifs is 1. The first-order valence-corrected chi connectivity index (χ1v) is 11.0. The van der Waals surface area contributed by atoms with Crippen LogP contribution in [0.15, 0.2) is 79.1 Å². The van der Waals surface area contributed by atoms with Gasteiger partial charge in [-0.3, -0.25) is 9.78 Å². The molecule has 0 saturated carbocycles. The molecular formula is C27H26N4O. The Morgan fingerprint density at radius 3 is 2.59 bits per heavy atom. The number of hydrogen-bond donors (Lipinski definition) is 0. The SMILES string of the molecule is Cc1cccc(C(=O)N2CCN(c3cncc(-c4ccc5ccccc5c4)n3)CC2C)c1. The van der Waals surface area contributed by atoms with Crippen LogP contribution in [-0.4, -0.2) is 46.5 Å². The summed E-state index contributed by atoms with van der Waals surface area (Å²) in [4.78, 5) is 26.6. The molecule has 1 aliphatic rings. The quantitative estimate of drug-likeness (QED) is 0.468. The van der Waals surface area contributed by atoms with Crippen LogP contribution in [0.1, 0.15) is 22.8 Å². The van der Waals surface area contributed by atoms with Gasteiger partial charge in [0.25, 0.3) is 5.91 Å². The largest absolute Gasteiger partial charge is 0.351 e. The molecule has 5 rings (SSSR count). The van der Waals surface area contributed by atoms with Crippen LogP contribution >= 0.6 is 0 Å². The Morgan fingerprint density at radius 2 is 1.78 bits per heavy atom. The van der Waals surface area contributed by atoms with Crippen LogP contribution in [-0.2, 0) is 0 Å². The zero-order chi connectivity index (χ0) is 22.1. The standard InChI is InChI=1S/C27H26N4O/c1-19-6-5-9-24(14-19)27(32)31-13-12-30(18-20(31)2)26-17-28-16-25(29-26)23-11-10-21-7-3-4-8-22(21)15-23/h3-11,14-17,20H,12-13,18H2,1-2H3. The first-order valence-electron chi connectivity index (χ1n) is 11.0. The maximum Gasteiger partial charge on any atom is 0.254 e. The van der Waals surface area contributed by atoms with Crippen molar-refractivity contribution in [2.45, 2.75) is 19.9 Å². The Balaban J connectivity index is 1.34. The summed E-state index contributed by atoms with van der Waals surface area (Å²) in [6.45, 7) is 6.24. The molecule has 3 aromatic carbocycles. The molecule has 1 saturated heterocycles. The molecule has 2 heterocycles. The smallest absolute Gasteiger partial charge is 0.254 e. The lowest BCUT2D eigenvalue weighted by molar-refractivity contribution is 0.0673. The molecule has 1 unspecified atom stereocenters. The van der Waals surface area contributed by atoms with E-state index >= 15 is 0 Å². The van der Waals surface area contributed by atoms with Gasteiger partial charge in [-0.05, 0) is 42.8 Å². The summed E-state index contributed by atoms with van der Waals surface area (Å²) in [6, 6.07) is 22.6. The van der Waals surface area contributed by atoms with Gasteiger partial charge in [-0.1, -0.05) is 54.1 Å². The van der Waals surface area contributed by atoms with Crippen LogP contribution in [0.4, 0.5) is 5.82 Å². The first kappa shape index (κ1) is 20.2. The Morgan fingerprint density at radius 1 is 0.938 bits per heavy atom. The summed E-state index contributed by atoms with van der Waals surface area (Å²) < 4.78 is 0. The third kappa shape index (κ3) is 3.94. The molecule has 4 aromatic rings. The number of carbonyl (C=O) groups excluding carboxylic acids is 1. The van der Waals surface area contributed by atoms with E-state index in [1.807, 2.05) is 60.6 Å². The van der Waals surface area contributed by atoms with Gasteiger partial charge >= 0.3 is 0 Å². The lowest BCUT2D eigenvalue weighted by Crippen LogP contribution is -2.54. The number of nitrogens with zero attached hydrogens (tertiary/aromatic N) is 4. The molecule has 1 aliphatic heterocycles. The molecule has 32 heavy (non-hydrogen) atoms. The number of aromatic nitrogens is 2. The Bertz CT molecular complexity index is 1290. The molecule has 1 fully saturated rings. The van der Waals surface area contributed by atoms with E-state index in [9.17, 15) is 4.79 Å². The summed E-state index contributed by atoms with van der Waals surface area (Å²) in [5.74, 6) is 0.946. The number of amides is 1. The maximum absolute atomic E-state index is 13.0. The van der Waals surface area contributed by atoms with Gasteiger partial charge < -0.3 is 9.80 Å². The monoisotopic (exact) mass is 422 g/mol. The lowest BCUT2D eigenvalue weighted by atomic mass is 10.1. The predicted molar refractivity (Wildman–Crippen MR) is 129 cm³/mol. The summed E-state index contributed by atoms with van der Waals surface area (Å²) in [5, 5.41) is 2.40. The zero-order valence-corrected chi connectivity index (χ0v) is 18.4.